The Morgan fingerprint density at radius 3 is 2.71 bits per heavy atom. The first kappa shape index (κ1) is 19.7. The lowest BCUT2D eigenvalue weighted by Crippen LogP contribution is -2.30. The fourth-order valence-electron chi connectivity index (χ4n) is 4.81. The van der Waals surface area contributed by atoms with Crippen LogP contribution in [0, 0.1) is 19.7 Å². The van der Waals surface area contributed by atoms with E-state index in [1.165, 1.54) is 12.1 Å². The maximum absolute atomic E-state index is 13.3. The summed E-state index contributed by atoms with van der Waals surface area (Å²) >= 11 is 0. The number of hydrogen-bond acceptors (Lipinski definition) is 3. The number of hydrogen-bond donors (Lipinski definition) is 0. The van der Waals surface area contributed by atoms with Crippen LogP contribution in [0.4, 0.5) is 4.39 Å². The number of likely N-dealkylation sites (tertiary alicyclic amines) is 1. The van der Waals surface area contributed by atoms with Crippen LogP contribution in [0.3, 0.4) is 0 Å². The summed E-state index contributed by atoms with van der Waals surface area (Å²) in [5.41, 5.74) is 5.83. The van der Waals surface area contributed by atoms with Crippen molar-refractivity contribution >= 4 is 22.5 Å². The van der Waals surface area contributed by atoms with E-state index in [0.29, 0.717) is 12.8 Å². The second-order valence-electron chi connectivity index (χ2n) is 8.31. The van der Waals surface area contributed by atoms with Crippen LogP contribution in [0.1, 0.15) is 47.8 Å². The molecule has 0 bridgehead atoms. The van der Waals surface area contributed by atoms with Crippen LogP contribution in [0.15, 0.2) is 48.5 Å². The Balaban J connectivity index is 1.38. The van der Waals surface area contributed by atoms with E-state index in [-0.39, 0.29) is 17.8 Å². The van der Waals surface area contributed by atoms with Crippen molar-refractivity contribution in [2.24, 2.45) is 0 Å². The second-order valence-corrected chi connectivity index (χ2v) is 8.31. The molecular formula is C25H25FN4O. The molecule has 0 spiro atoms. The van der Waals surface area contributed by atoms with E-state index in [0.717, 1.165) is 58.5 Å². The molecule has 1 atom stereocenters. The average molecular weight is 417 g/mol. The Bertz CT molecular complexity index is 1280. The predicted molar refractivity (Wildman–Crippen MR) is 118 cm³/mol. The van der Waals surface area contributed by atoms with Gasteiger partial charge in [0.25, 0.3) is 0 Å². The molecule has 3 heterocycles. The number of rotatable bonds is 4. The summed E-state index contributed by atoms with van der Waals surface area (Å²) in [5.74, 6) is -0.115. The lowest BCUT2D eigenvalue weighted by Gasteiger charge is -2.25. The first-order valence-electron chi connectivity index (χ1n) is 10.8. The monoisotopic (exact) mass is 416 g/mol. The molecule has 1 saturated heterocycles. The van der Waals surface area contributed by atoms with Gasteiger partial charge in [0.1, 0.15) is 5.82 Å². The molecule has 31 heavy (non-hydrogen) atoms. The Hall–Kier alpha value is -3.28. The quantitative estimate of drug-likeness (QED) is 0.474. The van der Waals surface area contributed by atoms with Crippen LogP contribution in [0.25, 0.3) is 16.6 Å². The fraction of sp³-hybridized carbons (Fsp3) is 0.320. The lowest BCUT2D eigenvalue weighted by atomic mass is 10.0. The Morgan fingerprint density at radius 1 is 1.13 bits per heavy atom. The summed E-state index contributed by atoms with van der Waals surface area (Å²) < 4.78 is 15.2. The zero-order valence-electron chi connectivity index (χ0n) is 17.8. The van der Waals surface area contributed by atoms with Gasteiger partial charge in [-0.05, 0) is 68.5 Å². The summed E-state index contributed by atoms with van der Waals surface area (Å²) in [7, 11) is 0. The first-order chi connectivity index (χ1) is 15.0. The highest BCUT2D eigenvalue weighted by atomic mass is 19.1. The number of amides is 1. The minimum Gasteiger partial charge on any atom is -0.336 e. The van der Waals surface area contributed by atoms with Crippen LogP contribution >= 0.6 is 0 Å². The van der Waals surface area contributed by atoms with Crippen LogP contribution in [-0.2, 0) is 11.2 Å². The molecule has 1 aliphatic rings. The highest BCUT2D eigenvalue weighted by Gasteiger charge is 2.29. The molecular weight excluding hydrogens is 391 g/mol. The molecule has 6 heteroatoms. The molecule has 5 nitrogen and oxygen atoms in total. The molecule has 1 unspecified atom stereocenters. The van der Waals surface area contributed by atoms with Crippen molar-refractivity contribution in [3.63, 3.8) is 0 Å². The SMILES string of the molecule is Cc1nc2c3ccccc3nn2c(C)c1CCC(=O)N1CCCC1c1ccc(F)cc1. The summed E-state index contributed by atoms with van der Waals surface area (Å²) in [6.07, 6.45) is 2.94. The number of fused-ring (bicyclic) bond motifs is 3. The number of nitrogens with zero attached hydrogens (tertiary/aromatic N) is 4. The van der Waals surface area contributed by atoms with Gasteiger partial charge in [0, 0.05) is 29.7 Å². The molecule has 0 saturated carbocycles. The van der Waals surface area contributed by atoms with Crippen LogP contribution < -0.4 is 0 Å². The van der Waals surface area contributed by atoms with Gasteiger partial charge < -0.3 is 4.90 Å². The van der Waals surface area contributed by atoms with E-state index < -0.39 is 0 Å². The molecule has 0 N–H and O–H groups in total. The van der Waals surface area contributed by atoms with E-state index in [1.807, 2.05) is 47.5 Å². The van der Waals surface area contributed by atoms with Crippen molar-refractivity contribution in [1.29, 1.82) is 0 Å². The van der Waals surface area contributed by atoms with Crippen molar-refractivity contribution in [2.45, 2.75) is 45.6 Å². The van der Waals surface area contributed by atoms with Gasteiger partial charge >= 0.3 is 0 Å². The highest BCUT2D eigenvalue weighted by molar-refractivity contribution is 5.92. The summed E-state index contributed by atoms with van der Waals surface area (Å²) in [5, 5.41) is 5.75. The molecule has 2 aromatic carbocycles. The zero-order chi connectivity index (χ0) is 21.5. The molecule has 0 aliphatic carbocycles. The topological polar surface area (TPSA) is 50.5 Å². The number of aryl methyl sites for hydroxylation is 2. The van der Waals surface area contributed by atoms with Crippen molar-refractivity contribution in [1.82, 2.24) is 19.5 Å². The minimum absolute atomic E-state index is 0.0345. The molecule has 1 aliphatic heterocycles. The van der Waals surface area contributed by atoms with Crippen molar-refractivity contribution in [2.75, 3.05) is 6.54 Å². The van der Waals surface area contributed by atoms with Gasteiger partial charge in [0.05, 0.1) is 11.6 Å². The normalized spacial score (nSPS) is 16.5. The largest absolute Gasteiger partial charge is 0.336 e. The molecule has 5 rings (SSSR count). The van der Waals surface area contributed by atoms with Gasteiger partial charge in [0.2, 0.25) is 5.91 Å². The van der Waals surface area contributed by atoms with Crippen LogP contribution in [0.2, 0.25) is 0 Å². The maximum atomic E-state index is 13.3. The second kappa shape index (κ2) is 7.76. The summed E-state index contributed by atoms with van der Waals surface area (Å²) in [6.45, 7) is 4.80. The smallest absolute Gasteiger partial charge is 0.223 e. The van der Waals surface area contributed by atoms with E-state index in [4.69, 9.17) is 10.1 Å². The van der Waals surface area contributed by atoms with E-state index in [1.54, 1.807) is 12.1 Å². The van der Waals surface area contributed by atoms with Gasteiger partial charge in [-0.1, -0.05) is 24.3 Å². The van der Waals surface area contributed by atoms with E-state index in [2.05, 4.69) is 0 Å². The zero-order valence-corrected chi connectivity index (χ0v) is 17.8. The van der Waals surface area contributed by atoms with Crippen LogP contribution in [-0.4, -0.2) is 31.9 Å². The van der Waals surface area contributed by atoms with Gasteiger partial charge in [-0.3, -0.25) is 4.79 Å². The molecule has 0 radical (unpaired) electrons. The molecule has 2 aromatic heterocycles. The standard InChI is InChI=1S/C25H25FN4O/c1-16-20(17(2)30-25(27-16)21-6-3-4-7-22(21)28-30)13-14-24(31)29-15-5-8-23(29)18-9-11-19(26)12-10-18/h3-4,6-7,9-12,23H,5,8,13-15H2,1-2H3. The Kier molecular flexibility index (Phi) is 4.93. The molecule has 1 fully saturated rings. The lowest BCUT2D eigenvalue weighted by molar-refractivity contribution is -0.132. The summed E-state index contributed by atoms with van der Waals surface area (Å²) in [4.78, 5) is 19.9. The maximum Gasteiger partial charge on any atom is 0.223 e. The molecule has 1 amide bonds. The van der Waals surface area contributed by atoms with Gasteiger partial charge in [-0.15, -0.1) is 0 Å². The van der Waals surface area contributed by atoms with E-state index in [9.17, 15) is 9.18 Å². The third-order valence-electron chi connectivity index (χ3n) is 6.43. The van der Waals surface area contributed by atoms with Crippen molar-refractivity contribution in [3.05, 3.63) is 76.9 Å². The van der Waals surface area contributed by atoms with Crippen LogP contribution in [0.5, 0.6) is 0 Å². The third-order valence-corrected chi connectivity index (χ3v) is 6.43. The molecule has 158 valence electrons. The first-order valence-corrected chi connectivity index (χ1v) is 10.8. The van der Waals surface area contributed by atoms with Gasteiger partial charge in [0.15, 0.2) is 5.65 Å². The molecule has 4 aromatic rings. The Morgan fingerprint density at radius 2 is 1.90 bits per heavy atom. The predicted octanol–water partition coefficient (Wildman–Crippen LogP) is 4.93. The minimum atomic E-state index is -0.250. The number of carbonyl (C=O) groups excluding carboxylic acids is 1. The van der Waals surface area contributed by atoms with Gasteiger partial charge in [-0.25, -0.2) is 13.9 Å². The number of aromatic nitrogens is 3. The van der Waals surface area contributed by atoms with E-state index >= 15 is 0 Å². The Labute approximate surface area is 180 Å². The third kappa shape index (κ3) is 3.46. The number of carbonyl (C=O) groups is 1. The number of halogens is 1. The van der Waals surface area contributed by atoms with Crippen molar-refractivity contribution < 1.29 is 9.18 Å². The average Bonchev–Trinajstić information content (AvgIpc) is 3.39. The summed E-state index contributed by atoms with van der Waals surface area (Å²) in [6, 6.07) is 14.6. The number of benzene rings is 2. The van der Waals surface area contributed by atoms with Gasteiger partial charge in [-0.2, -0.15) is 5.10 Å². The fourth-order valence-corrected chi connectivity index (χ4v) is 4.81. The highest BCUT2D eigenvalue weighted by Crippen LogP contribution is 2.33. The van der Waals surface area contributed by atoms with Crippen molar-refractivity contribution in [3.8, 4) is 0 Å².